The van der Waals surface area contributed by atoms with E-state index in [1.54, 1.807) is 12.1 Å². The molecule has 0 radical (unpaired) electrons. The van der Waals surface area contributed by atoms with E-state index in [9.17, 15) is 10.2 Å². The van der Waals surface area contributed by atoms with Gasteiger partial charge in [-0.25, -0.2) is 0 Å². The lowest BCUT2D eigenvalue weighted by atomic mass is 9.65. The molecule has 0 aromatic heterocycles. The van der Waals surface area contributed by atoms with Crippen molar-refractivity contribution in [2.24, 2.45) is 0 Å². The molecule has 10 rings (SSSR count). The van der Waals surface area contributed by atoms with E-state index in [0.29, 0.717) is 0 Å². The third kappa shape index (κ3) is 13.4. The molecule has 0 saturated carbocycles. The molecular formula is C64H48I6N2O2. The molecule has 0 aliphatic rings. The second-order valence-corrected chi connectivity index (χ2v) is 24.8. The molecule has 6 N–H and O–H groups in total. The van der Waals surface area contributed by atoms with Crippen LogP contribution in [0.5, 0.6) is 5.75 Å². The lowest BCUT2D eigenvalue weighted by Crippen LogP contribution is -2.31. The van der Waals surface area contributed by atoms with Crippen LogP contribution in [-0.2, 0) is 11.0 Å². The molecule has 74 heavy (non-hydrogen) atoms. The molecule has 0 amide bonds. The number of rotatable bonds is 9. The van der Waals surface area contributed by atoms with Crippen molar-refractivity contribution in [3.05, 3.63) is 325 Å². The standard InChI is InChI=1S/C25H17I3O.C20H18N2.C19H13I3O/c26-21-9-1-17(2-10-21)25(18-3-11-22(27)12-4-18,19-5-13-23(28)14-6-19)20-7-15-24(29)16-8-20;1-14-2-4-15(5-3-14)20(16-6-10-18(21)11-7-16)17-8-12-19(22)13-9-17;20-16-7-1-13(2-8-16)19(23,14-3-9-17(21)10-4-14)15-5-11-18(22)12-6-15/h1-16,29H;2-13H,1,21-22H2;1-12,23H. The van der Waals surface area contributed by atoms with E-state index in [4.69, 9.17) is 11.5 Å². The zero-order chi connectivity index (χ0) is 52.4. The Morgan fingerprint density at radius 1 is 0.324 bits per heavy atom. The third-order valence-electron chi connectivity index (χ3n) is 12.6. The van der Waals surface area contributed by atoms with Crippen LogP contribution in [0.1, 0.15) is 50.1 Å². The molecule has 10 heteroatoms. The Balaban J connectivity index is 0.000000150. The highest BCUT2D eigenvalue weighted by Crippen LogP contribution is 2.46. The second kappa shape index (κ2) is 25.7. The summed E-state index contributed by atoms with van der Waals surface area (Å²) in [6, 6.07) is 82.0. The topological polar surface area (TPSA) is 92.5 Å². The maximum atomic E-state index is 11.7. The fraction of sp³-hybridized carbons (Fsp3) is 0.0312. The van der Waals surface area contributed by atoms with Crippen molar-refractivity contribution in [1.82, 2.24) is 0 Å². The van der Waals surface area contributed by atoms with Crippen molar-refractivity contribution in [2.45, 2.75) is 11.0 Å². The van der Waals surface area contributed by atoms with Gasteiger partial charge in [0.15, 0.2) is 0 Å². The monoisotopic (exact) mass is 1640 g/mol. The van der Waals surface area contributed by atoms with Crippen LogP contribution in [0.3, 0.4) is 0 Å². The maximum absolute atomic E-state index is 11.7. The van der Waals surface area contributed by atoms with E-state index in [1.165, 1.54) is 27.4 Å². The van der Waals surface area contributed by atoms with Crippen molar-refractivity contribution < 1.29 is 10.2 Å². The quantitative estimate of drug-likeness (QED) is 0.0658. The van der Waals surface area contributed by atoms with Gasteiger partial charge in [-0.05, 0) is 311 Å². The first-order valence-corrected chi connectivity index (χ1v) is 29.7. The number of anilines is 2. The molecular weight excluding hydrogens is 1590 g/mol. The van der Waals surface area contributed by atoms with Gasteiger partial charge in [0.1, 0.15) is 11.4 Å². The summed E-state index contributed by atoms with van der Waals surface area (Å²) in [5.41, 5.74) is 22.2. The fourth-order valence-electron chi connectivity index (χ4n) is 8.86. The van der Waals surface area contributed by atoms with Crippen LogP contribution in [0.2, 0.25) is 0 Å². The Labute approximate surface area is 515 Å². The molecule has 0 aliphatic carbocycles. The molecule has 0 heterocycles. The van der Waals surface area contributed by atoms with E-state index >= 15 is 0 Å². The first-order valence-electron chi connectivity index (χ1n) is 23.2. The van der Waals surface area contributed by atoms with E-state index < -0.39 is 11.0 Å². The number of aromatic hydroxyl groups is 1. The summed E-state index contributed by atoms with van der Waals surface area (Å²) in [6.07, 6.45) is 0. The van der Waals surface area contributed by atoms with Gasteiger partial charge in [-0.2, -0.15) is 0 Å². The molecule has 0 unspecified atom stereocenters. The SMILES string of the molecule is C=c1ccc(=C(c2ccc(N)cc2)c2ccc(N)cc2)cc1.OC(c1ccc(I)cc1)(c1ccc(I)cc1)c1ccc(I)cc1.Oc1ccc(C(c2ccc(I)cc2)(c2ccc(I)cc2)c2ccc(I)cc2)cc1. The maximum Gasteiger partial charge on any atom is 0.140 e. The lowest BCUT2D eigenvalue weighted by molar-refractivity contribution is 0.125. The molecule has 4 nitrogen and oxygen atoms in total. The van der Waals surface area contributed by atoms with Gasteiger partial charge >= 0.3 is 0 Å². The Hall–Kier alpha value is -4.32. The minimum atomic E-state index is -1.15. The highest BCUT2D eigenvalue weighted by atomic mass is 127. The normalized spacial score (nSPS) is 11.1. The third-order valence-corrected chi connectivity index (χ3v) is 16.9. The molecule has 0 atom stereocenters. The number of phenols is 1. The van der Waals surface area contributed by atoms with Crippen LogP contribution in [-0.4, -0.2) is 10.2 Å². The predicted molar refractivity (Wildman–Crippen MR) is 359 cm³/mol. The van der Waals surface area contributed by atoms with Gasteiger partial charge in [-0.15, -0.1) is 0 Å². The smallest absolute Gasteiger partial charge is 0.140 e. The van der Waals surface area contributed by atoms with Crippen LogP contribution in [0.4, 0.5) is 11.4 Å². The summed E-state index contributed by atoms with van der Waals surface area (Å²) in [5.74, 6) is 0.274. The van der Waals surface area contributed by atoms with Gasteiger partial charge in [0.25, 0.3) is 0 Å². The summed E-state index contributed by atoms with van der Waals surface area (Å²) < 4.78 is 7.07. The van der Waals surface area contributed by atoms with Crippen LogP contribution in [0, 0.1) is 21.4 Å². The zero-order valence-electron chi connectivity index (χ0n) is 39.6. The highest BCUT2D eigenvalue weighted by molar-refractivity contribution is 14.1. The van der Waals surface area contributed by atoms with Crippen molar-refractivity contribution in [1.29, 1.82) is 0 Å². The summed E-state index contributed by atoms with van der Waals surface area (Å²) in [5, 5.41) is 23.8. The van der Waals surface area contributed by atoms with Gasteiger partial charge in [0, 0.05) is 32.8 Å². The summed E-state index contributed by atoms with van der Waals surface area (Å²) in [6.45, 7) is 3.95. The van der Waals surface area contributed by atoms with Gasteiger partial charge in [0.2, 0.25) is 0 Å². The van der Waals surface area contributed by atoms with Crippen molar-refractivity contribution in [2.75, 3.05) is 11.5 Å². The van der Waals surface area contributed by atoms with Crippen molar-refractivity contribution >= 4 is 159 Å². The minimum Gasteiger partial charge on any atom is -0.508 e. The number of hydrogen-bond acceptors (Lipinski definition) is 4. The lowest BCUT2D eigenvalue weighted by Gasteiger charge is -2.37. The predicted octanol–water partition coefficient (Wildman–Crippen LogP) is 15.9. The van der Waals surface area contributed by atoms with E-state index in [0.717, 1.165) is 71.5 Å². The van der Waals surface area contributed by atoms with Crippen LogP contribution < -0.4 is 21.9 Å². The Kier molecular flexibility index (Phi) is 19.4. The fourth-order valence-corrected chi connectivity index (χ4v) is 11.0. The molecule has 368 valence electrons. The van der Waals surface area contributed by atoms with E-state index in [2.05, 4.69) is 227 Å². The summed E-state index contributed by atoms with van der Waals surface area (Å²) >= 11 is 13.9. The summed E-state index contributed by atoms with van der Waals surface area (Å²) in [4.78, 5) is 0. The molecule has 0 bridgehead atoms. The average Bonchev–Trinajstić information content (AvgIpc) is 3.41. The largest absolute Gasteiger partial charge is 0.508 e. The molecule has 10 aromatic rings. The van der Waals surface area contributed by atoms with Crippen LogP contribution in [0.25, 0.3) is 12.2 Å². The number of phenolic OH excluding ortho intramolecular Hbond substituents is 1. The van der Waals surface area contributed by atoms with Gasteiger partial charge in [0.05, 0.1) is 5.41 Å². The molecule has 0 aliphatic heterocycles. The van der Waals surface area contributed by atoms with E-state index in [1.807, 2.05) is 146 Å². The van der Waals surface area contributed by atoms with Crippen LogP contribution >= 0.6 is 136 Å². The molecule has 0 saturated heterocycles. The second-order valence-electron chi connectivity index (χ2n) is 17.4. The van der Waals surface area contributed by atoms with Crippen LogP contribution in [0.15, 0.2) is 243 Å². The van der Waals surface area contributed by atoms with Gasteiger partial charge < -0.3 is 21.7 Å². The molecule has 10 aromatic carbocycles. The summed E-state index contributed by atoms with van der Waals surface area (Å²) in [7, 11) is 0. The average molecular weight is 1640 g/mol. The number of benzene rings is 10. The zero-order valence-corrected chi connectivity index (χ0v) is 52.6. The van der Waals surface area contributed by atoms with Gasteiger partial charge in [-0.1, -0.05) is 140 Å². The Bertz CT molecular complexity index is 3190. The first-order chi connectivity index (χ1) is 35.6. The number of halogens is 6. The number of hydrogen-bond donors (Lipinski definition) is 4. The highest BCUT2D eigenvalue weighted by Gasteiger charge is 2.38. The minimum absolute atomic E-state index is 0.274. The van der Waals surface area contributed by atoms with Gasteiger partial charge in [-0.3, -0.25) is 0 Å². The molecule has 0 spiro atoms. The van der Waals surface area contributed by atoms with Crippen molar-refractivity contribution in [3.8, 4) is 5.75 Å². The number of aliphatic hydroxyl groups is 1. The Morgan fingerprint density at radius 2 is 0.568 bits per heavy atom. The molecule has 0 fully saturated rings. The van der Waals surface area contributed by atoms with Crippen molar-refractivity contribution in [3.63, 3.8) is 0 Å². The van der Waals surface area contributed by atoms with E-state index in [-0.39, 0.29) is 5.75 Å². The number of nitrogen functional groups attached to an aromatic ring is 2. The number of nitrogens with two attached hydrogens (primary N) is 2. The Morgan fingerprint density at radius 3 is 0.838 bits per heavy atom. The first kappa shape index (κ1) is 55.9.